The Morgan fingerprint density at radius 2 is 2.04 bits per heavy atom. The van der Waals surface area contributed by atoms with Gasteiger partial charge in [-0.2, -0.15) is 5.10 Å². The van der Waals surface area contributed by atoms with E-state index in [-0.39, 0.29) is 0 Å². The topological polar surface area (TPSA) is 63.1 Å². The van der Waals surface area contributed by atoms with Crippen molar-refractivity contribution in [3.8, 4) is 10.4 Å². The van der Waals surface area contributed by atoms with Crippen LogP contribution in [-0.2, 0) is 0 Å². The smallest absolute Gasteiger partial charge is 0.167 e. The molecule has 4 rings (SSSR count). The van der Waals surface area contributed by atoms with Crippen LogP contribution in [-0.4, -0.2) is 21.2 Å². The molecule has 0 radical (unpaired) electrons. The molecule has 4 aromatic rings. The summed E-state index contributed by atoms with van der Waals surface area (Å²) < 4.78 is 0.947. The van der Waals surface area contributed by atoms with Gasteiger partial charge in [0, 0.05) is 33.4 Å². The Labute approximate surface area is 159 Å². The van der Waals surface area contributed by atoms with Crippen LogP contribution >= 0.6 is 22.9 Å². The van der Waals surface area contributed by atoms with Gasteiger partial charge in [-0.05, 0) is 24.6 Å². The fourth-order valence-electron chi connectivity index (χ4n) is 2.63. The highest BCUT2D eigenvalue weighted by Crippen LogP contribution is 2.41. The van der Waals surface area contributed by atoms with E-state index in [2.05, 4.69) is 25.5 Å². The van der Waals surface area contributed by atoms with E-state index in [4.69, 9.17) is 11.6 Å². The molecule has 0 aliphatic carbocycles. The lowest BCUT2D eigenvalue weighted by Gasteiger charge is -2.01. The summed E-state index contributed by atoms with van der Waals surface area (Å²) in [6.45, 7) is 2.05. The number of hydrazone groups is 1. The number of hydrogen-bond donors (Lipinski definition) is 1. The van der Waals surface area contributed by atoms with E-state index >= 15 is 0 Å². The molecule has 0 amide bonds. The number of aromatic nitrogens is 3. The Morgan fingerprint density at radius 3 is 2.85 bits per heavy atom. The number of rotatable bonds is 4. The van der Waals surface area contributed by atoms with E-state index in [0.717, 1.165) is 36.8 Å². The first-order chi connectivity index (χ1) is 12.7. The van der Waals surface area contributed by atoms with E-state index < -0.39 is 0 Å². The average molecular weight is 380 g/mol. The van der Waals surface area contributed by atoms with Gasteiger partial charge in [0.15, 0.2) is 5.82 Å². The van der Waals surface area contributed by atoms with Crippen molar-refractivity contribution in [2.24, 2.45) is 5.10 Å². The molecule has 0 aliphatic heterocycles. The quantitative estimate of drug-likeness (QED) is 0.393. The zero-order chi connectivity index (χ0) is 17.9. The molecule has 0 atom stereocenters. The molecule has 1 aromatic carbocycles. The first-order valence-electron chi connectivity index (χ1n) is 7.92. The highest BCUT2D eigenvalue weighted by atomic mass is 35.5. The van der Waals surface area contributed by atoms with Crippen molar-refractivity contribution < 1.29 is 0 Å². The lowest BCUT2D eigenvalue weighted by Crippen LogP contribution is -1.94. The number of pyridine rings is 1. The fraction of sp³-hybridized carbons (Fsp3) is 0.0526. The average Bonchev–Trinajstić information content (AvgIpc) is 3.01. The van der Waals surface area contributed by atoms with Gasteiger partial charge in [-0.3, -0.25) is 10.4 Å². The van der Waals surface area contributed by atoms with Gasteiger partial charge in [0.2, 0.25) is 0 Å². The molecule has 5 nitrogen and oxygen atoms in total. The highest BCUT2D eigenvalue weighted by Gasteiger charge is 2.16. The van der Waals surface area contributed by atoms with Crippen LogP contribution in [0.15, 0.2) is 60.2 Å². The minimum Gasteiger partial charge on any atom is -0.264 e. The van der Waals surface area contributed by atoms with Crippen LogP contribution in [0.5, 0.6) is 0 Å². The van der Waals surface area contributed by atoms with Crippen LogP contribution in [0.1, 0.15) is 11.1 Å². The van der Waals surface area contributed by atoms with Crippen LogP contribution in [0.3, 0.4) is 0 Å². The molecule has 0 unspecified atom stereocenters. The van der Waals surface area contributed by atoms with Crippen molar-refractivity contribution in [3.05, 3.63) is 71.3 Å². The summed E-state index contributed by atoms with van der Waals surface area (Å²) in [4.78, 5) is 13.9. The van der Waals surface area contributed by atoms with Crippen molar-refractivity contribution in [1.29, 1.82) is 0 Å². The molecular weight excluding hydrogens is 366 g/mol. The Hall–Kier alpha value is -2.83. The number of thiophene rings is 1. The van der Waals surface area contributed by atoms with E-state index in [9.17, 15) is 0 Å². The third-order valence-corrected chi connectivity index (χ3v) is 5.54. The second-order valence-corrected chi connectivity index (χ2v) is 7.02. The maximum Gasteiger partial charge on any atom is 0.167 e. The monoisotopic (exact) mass is 379 g/mol. The predicted molar refractivity (Wildman–Crippen MR) is 108 cm³/mol. The second-order valence-electron chi connectivity index (χ2n) is 5.59. The Bertz CT molecular complexity index is 1090. The molecule has 0 saturated heterocycles. The zero-order valence-electron chi connectivity index (χ0n) is 13.8. The van der Waals surface area contributed by atoms with E-state index in [1.807, 2.05) is 43.3 Å². The largest absolute Gasteiger partial charge is 0.264 e. The summed E-state index contributed by atoms with van der Waals surface area (Å²) in [7, 11) is 0. The minimum atomic E-state index is 0.668. The normalized spacial score (nSPS) is 11.3. The van der Waals surface area contributed by atoms with Gasteiger partial charge in [-0.25, -0.2) is 9.97 Å². The Morgan fingerprint density at radius 1 is 1.15 bits per heavy atom. The van der Waals surface area contributed by atoms with Gasteiger partial charge in [0.25, 0.3) is 0 Å². The molecule has 3 heterocycles. The van der Waals surface area contributed by atoms with Gasteiger partial charge in [-0.15, -0.1) is 11.3 Å². The minimum absolute atomic E-state index is 0.668. The number of fused-ring (bicyclic) bond motifs is 1. The van der Waals surface area contributed by atoms with Gasteiger partial charge < -0.3 is 0 Å². The first-order valence-corrected chi connectivity index (χ1v) is 9.11. The number of hydrogen-bond acceptors (Lipinski definition) is 6. The lowest BCUT2D eigenvalue weighted by molar-refractivity contribution is 1.18. The molecule has 0 aliphatic rings. The van der Waals surface area contributed by atoms with Crippen molar-refractivity contribution in [2.75, 3.05) is 5.43 Å². The molecule has 0 spiro atoms. The van der Waals surface area contributed by atoms with Crippen LogP contribution in [0.4, 0.5) is 5.82 Å². The number of aryl methyl sites for hydroxylation is 1. The maximum atomic E-state index is 6.38. The van der Waals surface area contributed by atoms with E-state index in [1.54, 1.807) is 36.3 Å². The van der Waals surface area contributed by atoms with Crippen LogP contribution in [0, 0.1) is 6.92 Å². The van der Waals surface area contributed by atoms with Gasteiger partial charge in [-0.1, -0.05) is 35.9 Å². The number of halogens is 1. The standard InChI is InChI=1S/C19H14ClN5S/c1-12-16-18(26-17(12)14-6-2-3-7-15(14)20)19(23-11-22-16)25-24-10-13-5-4-8-21-9-13/h2-11H,1H3,(H,22,23,25)/b24-10+. The number of benzene rings is 1. The number of nitrogens with one attached hydrogen (secondary N) is 1. The molecule has 26 heavy (non-hydrogen) atoms. The van der Waals surface area contributed by atoms with Gasteiger partial charge in [0.05, 0.1) is 16.4 Å². The third-order valence-electron chi connectivity index (χ3n) is 3.89. The summed E-state index contributed by atoms with van der Waals surface area (Å²) in [5.74, 6) is 0.668. The molecular formula is C19H14ClN5S. The van der Waals surface area contributed by atoms with Crippen LogP contribution in [0.2, 0.25) is 5.02 Å². The molecule has 0 bridgehead atoms. The van der Waals surface area contributed by atoms with Crippen molar-refractivity contribution >= 4 is 45.2 Å². The zero-order valence-corrected chi connectivity index (χ0v) is 15.4. The van der Waals surface area contributed by atoms with Gasteiger partial charge in [0.1, 0.15) is 6.33 Å². The third kappa shape index (κ3) is 3.16. The second kappa shape index (κ2) is 7.19. The van der Waals surface area contributed by atoms with Crippen molar-refractivity contribution in [2.45, 2.75) is 6.92 Å². The molecule has 1 N–H and O–H groups in total. The number of anilines is 1. The Kier molecular flexibility index (Phi) is 4.60. The molecule has 3 aromatic heterocycles. The van der Waals surface area contributed by atoms with Crippen LogP contribution < -0.4 is 5.43 Å². The summed E-state index contributed by atoms with van der Waals surface area (Å²) in [6, 6.07) is 11.6. The van der Waals surface area contributed by atoms with E-state index in [1.165, 1.54) is 0 Å². The lowest BCUT2D eigenvalue weighted by atomic mass is 10.1. The first kappa shape index (κ1) is 16.6. The van der Waals surface area contributed by atoms with Gasteiger partial charge >= 0.3 is 0 Å². The molecule has 128 valence electrons. The van der Waals surface area contributed by atoms with Crippen molar-refractivity contribution in [3.63, 3.8) is 0 Å². The van der Waals surface area contributed by atoms with Crippen LogP contribution in [0.25, 0.3) is 20.7 Å². The predicted octanol–water partition coefficient (Wildman–Crippen LogP) is 5.16. The summed E-state index contributed by atoms with van der Waals surface area (Å²) >= 11 is 7.98. The highest BCUT2D eigenvalue weighted by molar-refractivity contribution is 7.23. The summed E-state index contributed by atoms with van der Waals surface area (Å²) in [5.41, 5.74) is 6.90. The fourth-order valence-corrected chi connectivity index (χ4v) is 4.15. The summed E-state index contributed by atoms with van der Waals surface area (Å²) in [6.07, 6.45) is 6.71. The summed E-state index contributed by atoms with van der Waals surface area (Å²) in [5, 5.41) is 4.99. The molecule has 7 heteroatoms. The molecule has 0 fully saturated rings. The Balaban J connectivity index is 1.72. The number of nitrogens with zero attached hydrogens (tertiary/aromatic N) is 4. The van der Waals surface area contributed by atoms with E-state index in [0.29, 0.717) is 5.82 Å². The maximum absolute atomic E-state index is 6.38. The van der Waals surface area contributed by atoms with Crippen molar-refractivity contribution in [1.82, 2.24) is 15.0 Å². The molecule has 0 saturated carbocycles. The SMILES string of the molecule is Cc1c(-c2ccccc2Cl)sc2c(N/N=C/c3cccnc3)ncnc12.